The number of piperidine rings is 1. The van der Waals surface area contributed by atoms with E-state index in [-0.39, 0.29) is 6.10 Å². The molecule has 35 heavy (non-hydrogen) atoms. The van der Waals surface area contributed by atoms with Crippen LogP contribution in [0.4, 0.5) is 13.2 Å². The van der Waals surface area contributed by atoms with Gasteiger partial charge >= 0.3 is 12.1 Å². The van der Waals surface area contributed by atoms with Gasteiger partial charge in [0.05, 0.1) is 18.8 Å². The van der Waals surface area contributed by atoms with E-state index in [1.807, 2.05) is 0 Å². The highest BCUT2D eigenvalue weighted by Gasteiger charge is 2.38. The van der Waals surface area contributed by atoms with Crippen molar-refractivity contribution >= 4 is 16.7 Å². The normalized spacial score (nSPS) is 17.8. The van der Waals surface area contributed by atoms with Gasteiger partial charge in [-0.25, -0.2) is 4.79 Å². The number of benzene rings is 3. The van der Waals surface area contributed by atoms with Crippen molar-refractivity contribution in [3.63, 3.8) is 0 Å². The first kappa shape index (κ1) is 26.2. The van der Waals surface area contributed by atoms with Crippen LogP contribution in [-0.2, 0) is 22.6 Å². The standard InChI is InChI=1S/C25H26N2O.C2HF3O2/c26-14-3-4-19-7-11-22(12-8-19)24-13-15-27-17-25(24)28-18-20-9-10-21-5-1-2-6-23(21)16-20;3-2(4,5)1(6)7/h1-2,5-12,16,24-25,27H,3-4,13,15,17-18H2;(H,6,7). The van der Waals surface area contributed by atoms with Gasteiger partial charge in [0, 0.05) is 18.9 Å². The molecule has 4 rings (SSSR count). The second-order valence-electron chi connectivity index (χ2n) is 8.33. The van der Waals surface area contributed by atoms with Gasteiger partial charge in [-0.2, -0.15) is 18.4 Å². The fraction of sp³-hybridized carbons (Fsp3) is 0.333. The number of carboxylic acid groups (broad SMARTS) is 1. The molecule has 0 amide bonds. The summed E-state index contributed by atoms with van der Waals surface area (Å²) in [5.74, 6) is -2.35. The van der Waals surface area contributed by atoms with E-state index in [0.29, 0.717) is 18.9 Å². The molecule has 1 aliphatic heterocycles. The van der Waals surface area contributed by atoms with Crippen molar-refractivity contribution in [3.05, 3.63) is 83.4 Å². The topological polar surface area (TPSA) is 82.3 Å². The van der Waals surface area contributed by atoms with Crippen LogP contribution in [0.1, 0.15) is 35.4 Å². The monoisotopic (exact) mass is 484 g/mol. The van der Waals surface area contributed by atoms with E-state index in [0.717, 1.165) is 25.9 Å². The number of carbonyl (C=O) groups is 1. The highest BCUT2D eigenvalue weighted by Crippen LogP contribution is 2.29. The molecule has 184 valence electrons. The zero-order valence-corrected chi connectivity index (χ0v) is 19.1. The maximum Gasteiger partial charge on any atom is 0.490 e. The summed E-state index contributed by atoms with van der Waals surface area (Å²) in [5.41, 5.74) is 3.79. The summed E-state index contributed by atoms with van der Waals surface area (Å²) < 4.78 is 38.1. The number of halogens is 3. The van der Waals surface area contributed by atoms with Gasteiger partial charge in [-0.1, -0.05) is 60.7 Å². The molecule has 8 heteroatoms. The zero-order chi connectivity index (χ0) is 25.3. The molecule has 1 saturated heterocycles. The van der Waals surface area contributed by atoms with Crippen LogP contribution in [-0.4, -0.2) is 36.4 Å². The van der Waals surface area contributed by atoms with Gasteiger partial charge < -0.3 is 15.2 Å². The number of rotatable bonds is 6. The highest BCUT2D eigenvalue weighted by molar-refractivity contribution is 5.82. The Morgan fingerprint density at radius 3 is 2.37 bits per heavy atom. The summed E-state index contributed by atoms with van der Waals surface area (Å²) in [6.45, 7) is 2.54. The smallest absolute Gasteiger partial charge is 0.475 e. The van der Waals surface area contributed by atoms with Crippen LogP contribution in [0.3, 0.4) is 0 Å². The van der Waals surface area contributed by atoms with Crippen LogP contribution in [0.15, 0.2) is 66.7 Å². The Bertz CT molecular complexity index is 1160. The average molecular weight is 485 g/mol. The number of aliphatic carboxylic acids is 1. The summed E-state index contributed by atoms with van der Waals surface area (Å²) in [4.78, 5) is 8.90. The van der Waals surface area contributed by atoms with E-state index < -0.39 is 12.1 Å². The second kappa shape index (κ2) is 12.3. The van der Waals surface area contributed by atoms with Gasteiger partial charge in [0.1, 0.15) is 0 Å². The Morgan fingerprint density at radius 1 is 1.06 bits per heavy atom. The molecule has 0 saturated carbocycles. The molecule has 2 atom stereocenters. The number of nitrogens with one attached hydrogen (secondary N) is 1. The number of ether oxygens (including phenoxy) is 1. The molecule has 2 unspecified atom stereocenters. The molecule has 1 fully saturated rings. The van der Waals surface area contributed by atoms with Crippen LogP contribution in [0, 0.1) is 11.3 Å². The first-order valence-electron chi connectivity index (χ1n) is 11.3. The predicted molar refractivity (Wildman–Crippen MR) is 127 cm³/mol. The second-order valence-corrected chi connectivity index (χ2v) is 8.33. The first-order chi connectivity index (χ1) is 16.8. The minimum atomic E-state index is -5.08. The Labute approximate surface area is 202 Å². The third-order valence-electron chi connectivity index (χ3n) is 5.88. The molecular formula is C27H27F3N2O3. The maximum absolute atomic E-state index is 10.6. The lowest BCUT2D eigenvalue weighted by Gasteiger charge is -2.32. The lowest BCUT2D eigenvalue weighted by Crippen LogP contribution is -2.40. The molecule has 3 aromatic carbocycles. The number of nitriles is 1. The van der Waals surface area contributed by atoms with Gasteiger partial charge in [0.25, 0.3) is 0 Å². The number of hydrogen-bond donors (Lipinski definition) is 2. The molecule has 0 radical (unpaired) electrons. The quantitative estimate of drug-likeness (QED) is 0.477. The maximum atomic E-state index is 10.6. The molecule has 1 aliphatic rings. The molecule has 3 aromatic rings. The number of alkyl halides is 3. The van der Waals surface area contributed by atoms with Crippen LogP contribution >= 0.6 is 0 Å². The SMILES string of the molecule is N#CCCc1ccc(C2CCNCC2OCc2ccc3ccccc3c2)cc1.O=C(O)C(F)(F)F. The first-order valence-corrected chi connectivity index (χ1v) is 11.3. The molecule has 2 N–H and O–H groups in total. The van der Waals surface area contributed by atoms with Gasteiger partial charge in [0.2, 0.25) is 0 Å². The van der Waals surface area contributed by atoms with Crippen LogP contribution in [0.2, 0.25) is 0 Å². The van der Waals surface area contributed by atoms with Crippen LogP contribution in [0.5, 0.6) is 0 Å². The summed E-state index contributed by atoms with van der Waals surface area (Å²) >= 11 is 0. The van der Waals surface area contributed by atoms with Crippen molar-refractivity contribution in [2.24, 2.45) is 0 Å². The number of nitrogens with zero attached hydrogens (tertiary/aromatic N) is 1. The zero-order valence-electron chi connectivity index (χ0n) is 19.1. The third-order valence-corrected chi connectivity index (χ3v) is 5.88. The number of hydrogen-bond acceptors (Lipinski definition) is 4. The van der Waals surface area contributed by atoms with E-state index in [4.69, 9.17) is 19.9 Å². The van der Waals surface area contributed by atoms with Gasteiger partial charge in [-0.3, -0.25) is 0 Å². The summed E-state index contributed by atoms with van der Waals surface area (Å²) in [6, 6.07) is 26.0. The van der Waals surface area contributed by atoms with Crippen molar-refractivity contribution in [1.29, 1.82) is 5.26 Å². The van der Waals surface area contributed by atoms with E-state index in [1.165, 1.54) is 27.5 Å². The minimum Gasteiger partial charge on any atom is -0.475 e. The summed E-state index contributed by atoms with van der Waals surface area (Å²) in [7, 11) is 0. The molecule has 0 spiro atoms. The summed E-state index contributed by atoms with van der Waals surface area (Å²) in [5, 5.41) is 21.9. The van der Waals surface area contributed by atoms with Crippen molar-refractivity contribution in [1.82, 2.24) is 5.32 Å². The van der Waals surface area contributed by atoms with E-state index in [9.17, 15) is 13.2 Å². The average Bonchev–Trinajstić information content (AvgIpc) is 2.86. The number of carboxylic acids is 1. The highest BCUT2D eigenvalue weighted by atomic mass is 19.4. The molecule has 0 aromatic heterocycles. The Balaban J connectivity index is 0.000000429. The Hall–Kier alpha value is -3.41. The predicted octanol–water partition coefficient (Wildman–Crippen LogP) is 5.59. The van der Waals surface area contributed by atoms with Gasteiger partial charge in [0.15, 0.2) is 0 Å². The molecule has 0 aliphatic carbocycles. The fourth-order valence-electron chi connectivity index (χ4n) is 4.05. The van der Waals surface area contributed by atoms with E-state index in [2.05, 4.69) is 78.1 Å². The molecular weight excluding hydrogens is 457 g/mol. The van der Waals surface area contributed by atoms with Crippen molar-refractivity contribution in [2.75, 3.05) is 13.1 Å². The van der Waals surface area contributed by atoms with Crippen molar-refractivity contribution in [2.45, 2.75) is 44.1 Å². The Kier molecular flexibility index (Phi) is 9.24. The third kappa shape index (κ3) is 7.81. The Morgan fingerprint density at radius 2 is 1.71 bits per heavy atom. The van der Waals surface area contributed by atoms with Crippen molar-refractivity contribution in [3.8, 4) is 6.07 Å². The van der Waals surface area contributed by atoms with Gasteiger partial charge in [-0.15, -0.1) is 0 Å². The van der Waals surface area contributed by atoms with Gasteiger partial charge in [-0.05, 0) is 52.9 Å². The lowest BCUT2D eigenvalue weighted by atomic mass is 9.87. The van der Waals surface area contributed by atoms with E-state index >= 15 is 0 Å². The fourth-order valence-corrected chi connectivity index (χ4v) is 4.05. The van der Waals surface area contributed by atoms with E-state index in [1.54, 1.807) is 0 Å². The lowest BCUT2D eigenvalue weighted by molar-refractivity contribution is -0.192. The number of aryl methyl sites for hydroxylation is 1. The minimum absolute atomic E-state index is 0.171. The molecule has 1 heterocycles. The van der Waals surface area contributed by atoms with Crippen LogP contribution < -0.4 is 5.32 Å². The molecule has 5 nitrogen and oxygen atoms in total. The largest absolute Gasteiger partial charge is 0.490 e. The summed E-state index contributed by atoms with van der Waals surface area (Å²) in [6.07, 6.45) is -2.43. The van der Waals surface area contributed by atoms with Crippen LogP contribution in [0.25, 0.3) is 10.8 Å². The van der Waals surface area contributed by atoms with Crippen molar-refractivity contribution < 1.29 is 27.8 Å². The molecule has 0 bridgehead atoms. The number of fused-ring (bicyclic) bond motifs is 1.